The molecule has 300 valence electrons. The molecule has 0 amide bonds. The molecule has 0 spiro atoms. The Kier molecular flexibility index (Phi) is 9.20. The number of fused-ring (bicyclic) bond motifs is 5. The fourth-order valence-corrected chi connectivity index (χ4v) is 9.46. The van der Waals surface area contributed by atoms with Crippen molar-refractivity contribution in [3.8, 4) is 50.2 Å². The highest BCUT2D eigenvalue weighted by atomic mass is 15.1. The number of para-hydroxylation sites is 2. The molecule has 1 heterocycles. The van der Waals surface area contributed by atoms with Crippen LogP contribution in [0.2, 0.25) is 0 Å². The average Bonchev–Trinajstić information content (AvgIpc) is 3.71. The standard InChI is InChI=1S/C62H42N2/c1-2-14-55(15-3-1)64-61-17-9-8-16-59(61)60-42-54(32-39-62(60)64)47-20-18-45(19-21-47)46-26-33-56(34-27-46)63(57-35-28-48(29-36-57)52-24-22-43-10-4-6-12-50(43)40-52)58-37-30-49(31-38-58)53-25-23-44-11-5-7-13-51(44)41-53/h1-42H. The molecule has 0 N–H and O–H groups in total. The van der Waals surface area contributed by atoms with Crippen molar-refractivity contribution in [1.82, 2.24) is 4.57 Å². The van der Waals surface area contributed by atoms with Gasteiger partial charge in [-0.2, -0.15) is 0 Å². The molecule has 12 rings (SSSR count). The second kappa shape index (κ2) is 15.8. The largest absolute Gasteiger partial charge is 0.311 e. The Morgan fingerprint density at radius 2 is 0.594 bits per heavy atom. The average molecular weight is 815 g/mol. The summed E-state index contributed by atoms with van der Waals surface area (Å²) >= 11 is 0. The Morgan fingerprint density at radius 3 is 1.11 bits per heavy atom. The van der Waals surface area contributed by atoms with E-state index in [0.717, 1.165) is 17.1 Å². The van der Waals surface area contributed by atoms with Gasteiger partial charge in [0.1, 0.15) is 0 Å². The molecule has 0 aliphatic carbocycles. The molecule has 0 aliphatic heterocycles. The van der Waals surface area contributed by atoms with Gasteiger partial charge in [0.2, 0.25) is 0 Å². The minimum Gasteiger partial charge on any atom is -0.311 e. The summed E-state index contributed by atoms with van der Waals surface area (Å²) in [5.41, 5.74) is 16.5. The molecule has 2 heteroatoms. The molecular weight excluding hydrogens is 773 g/mol. The third-order valence-electron chi connectivity index (χ3n) is 12.8. The quantitative estimate of drug-likeness (QED) is 0.148. The van der Waals surface area contributed by atoms with Crippen LogP contribution in [0.3, 0.4) is 0 Å². The molecule has 1 aromatic heterocycles. The van der Waals surface area contributed by atoms with Gasteiger partial charge in [-0.15, -0.1) is 0 Å². The Labute approximate surface area is 373 Å². The van der Waals surface area contributed by atoms with Gasteiger partial charge in [-0.1, -0.05) is 176 Å². The van der Waals surface area contributed by atoms with E-state index in [0.29, 0.717) is 0 Å². The smallest absolute Gasteiger partial charge is 0.0541 e. The molecule has 11 aromatic carbocycles. The van der Waals surface area contributed by atoms with Crippen molar-refractivity contribution in [1.29, 1.82) is 0 Å². The van der Waals surface area contributed by atoms with Crippen molar-refractivity contribution >= 4 is 60.4 Å². The lowest BCUT2D eigenvalue weighted by Crippen LogP contribution is -2.09. The van der Waals surface area contributed by atoms with Crippen LogP contribution in [0.25, 0.3) is 93.5 Å². The van der Waals surface area contributed by atoms with Crippen LogP contribution in [0.1, 0.15) is 0 Å². The Morgan fingerprint density at radius 1 is 0.234 bits per heavy atom. The van der Waals surface area contributed by atoms with E-state index < -0.39 is 0 Å². The van der Waals surface area contributed by atoms with E-state index in [4.69, 9.17) is 0 Å². The van der Waals surface area contributed by atoms with Crippen LogP contribution in [0.15, 0.2) is 255 Å². The van der Waals surface area contributed by atoms with Gasteiger partial charge in [0.05, 0.1) is 11.0 Å². The Bertz CT molecular complexity index is 3500. The molecule has 0 atom stereocenters. The molecule has 0 fully saturated rings. The van der Waals surface area contributed by atoms with Crippen LogP contribution in [-0.2, 0) is 0 Å². The first-order valence-electron chi connectivity index (χ1n) is 22.0. The zero-order valence-electron chi connectivity index (χ0n) is 35.1. The fourth-order valence-electron chi connectivity index (χ4n) is 9.46. The van der Waals surface area contributed by atoms with Gasteiger partial charge in [0, 0.05) is 33.5 Å². The lowest BCUT2D eigenvalue weighted by molar-refractivity contribution is 1.18. The molecule has 0 bridgehead atoms. The topological polar surface area (TPSA) is 8.17 Å². The third-order valence-corrected chi connectivity index (χ3v) is 12.8. The molecule has 0 saturated carbocycles. The first-order valence-corrected chi connectivity index (χ1v) is 22.0. The van der Waals surface area contributed by atoms with Crippen molar-refractivity contribution in [2.75, 3.05) is 4.90 Å². The van der Waals surface area contributed by atoms with Crippen LogP contribution in [0.4, 0.5) is 17.1 Å². The number of aromatic nitrogens is 1. The molecular formula is C62H42N2. The molecule has 0 aliphatic rings. The van der Waals surface area contributed by atoms with E-state index in [1.165, 1.54) is 93.5 Å². The van der Waals surface area contributed by atoms with Gasteiger partial charge in [-0.05, 0) is 145 Å². The number of nitrogens with zero attached hydrogens (tertiary/aromatic N) is 2. The third kappa shape index (κ3) is 6.79. The number of rotatable bonds is 8. The fraction of sp³-hybridized carbons (Fsp3) is 0. The van der Waals surface area contributed by atoms with Gasteiger partial charge >= 0.3 is 0 Å². The maximum absolute atomic E-state index is 2.37. The molecule has 0 unspecified atom stereocenters. The summed E-state index contributed by atoms with van der Waals surface area (Å²) in [6.45, 7) is 0. The predicted molar refractivity (Wildman–Crippen MR) is 272 cm³/mol. The highest BCUT2D eigenvalue weighted by Crippen LogP contribution is 2.39. The minimum atomic E-state index is 1.10. The lowest BCUT2D eigenvalue weighted by atomic mass is 9.98. The Balaban J connectivity index is 0.862. The van der Waals surface area contributed by atoms with Crippen molar-refractivity contribution in [3.63, 3.8) is 0 Å². The first-order chi connectivity index (χ1) is 31.7. The van der Waals surface area contributed by atoms with Crippen molar-refractivity contribution in [2.45, 2.75) is 0 Å². The number of hydrogen-bond acceptors (Lipinski definition) is 1. The van der Waals surface area contributed by atoms with E-state index in [2.05, 4.69) is 264 Å². The van der Waals surface area contributed by atoms with Crippen LogP contribution in [0, 0.1) is 0 Å². The first kappa shape index (κ1) is 37.3. The van der Waals surface area contributed by atoms with Gasteiger partial charge in [0.15, 0.2) is 0 Å². The van der Waals surface area contributed by atoms with E-state index in [1.807, 2.05) is 0 Å². The van der Waals surface area contributed by atoms with E-state index in [1.54, 1.807) is 0 Å². The Hall–Kier alpha value is -8.46. The second-order valence-electron chi connectivity index (χ2n) is 16.6. The summed E-state index contributed by atoms with van der Waals surface area (Å²) in [7, 11) is 0. The molecule has 0 radical (unpaired) electrons. The normalized spacial score (nSPS) is 11.4. The molecule has 2 nitrogen and oxygen atoms in total. The highest BCUT2D eigenvalue weighted by Gasteiger charge is 2.16. The molecule has 0 saturated heterocycles. The molecule has 12 aromatic rings. The van der Waals surface area contributed by atoms with Gasteiger partial charge in [-0.25, -0.2) is 0 Å². The van der Waals surface area contributed by atoms with Gasteiger partial charge in [0.25, 0.3) is 0 Å². The maximum atomic E-state index is 2.37. The van der Waals surface area contributed by atoms with Crippen LogP contribution >= 0.6 is 0 Å². The summed E-state index contributed by atoms with van der Waals surface area (Å²) in [5, 5.41) is 7.52. The summed E-state index contributed by atoms with van der Waals surface area (Å²) in [6, 6.07) is 92.6. The SMILES string of the molecule is c1ccc(-n2c3ccccc3c3cc(-c4ccc(-c5ccc(N(c6ccc(-c7ccc8ccccc8c7)cc6)c6ccc(-c7ccc8ccccc8c7)cc6)cc5)cc4)ccc32)cc1. The second-order valence-corrected chi connectivity index (χ2v) is 16.6. The summed E-state index contributed by atoms with van der Waals surface area (Å²) in [5.74, 6) is 0. The zero-order chi connectivity index (χ0) is 42.4. The van der Waals surface area contributed by atoms with E-state index in [9.17, 15) is 0 Å². The zero-order valence-corrected chi connectivity index (χ0v) is 35.1. The molecule has 64 heavy (non-hydrogen) atoms. The van der Waals surface area contributed by atoms with Gasteiger partial charge in [-0.3, -0.25) is 0 Å². The summed E-state index contributed by atoms with van der Waals surface area (Å²) < 4.78 is 2.37. The lowest BCUT2D eigenvalue weighted by Gasteiger charge is -2.26. The predicted octanol–water partition coefficient (Wildman–Crippen LogP) is 17.2. The van der Waals surface area contributed by atoms with Crippen molar-refractivity contribution in [3.05, 3.63) is 255 Å². The van der Waals surface area contributed by atoms with E-state index in [-0.39, 0.29) is 0 Å². The van der Waals surface area contributed by atoms with Crippen molar-refractivity contribution < 1.29 is 0 Å². The van der Waals surface area contributed by atoms with Crippen LogP contribution in [0.5, 0.6) is 0 Å². The maximum Gasteiger partial charge on any atom is 0.0541 e. The van der Waals surface area contributed by atoms with Crippen LogP contribution in [-0.4, -0.2) is 4.57 Å². The van der Waals surface area contributed by atoms with E-state index >= 15 is 0 Å². The number of anilines is 3. The van der Waals surface area contributed by atoms with Crippen LogP contribution < -0.4 is 4.90 Å². The number of benzene rings is 11. The van der Waals surface area contributed by atoms with Crippen molar-refractivity contribution in [2.24, 2.45) is 0 Å². The highest BCUT2D eigenvalue weighted by molar-refractivity contribution is 6.10. The monoisotopic (exact) mass is 814 g/mol. The number of hydrogen-bond donors (Lipinski definition) is 0. The summed E-state index contributed by atoms with van der Waals surface area (Å²) in [6.07, 6.45) is 0. The van der Waals surface area contributed by atoms with Gasteiger partial charge < -0.3 is 9.47 Å². The summed E-state index contributed by atoms with van der Waals surface area (Å²) in [4.78, 5) is 2.35. The minimum absolute atomic E-state index is 1.10.